The molecular weight excluding hydrogens is 395 g/mol. The minimum atomic E-state index is -0.333. The third-order valence-corrected chi connectivity index (χ3v) is 5.50. The van der Waals surface area contributed by atoms with Crippen molar-refractivity contribution in [2.75, 3.05) is 18.4 Å². The van der Waals surface area contributed by atoms with E-state index >= 15 is 0 Å². The molecular formula is C24H25FN4O2. The van der Waals surface area contributed by atoms with Crippen LogP contribution in [0.2, 0.25) is 0 Å². The third kappa shape index (κ3) is 4.99. The maximum absolute atomic E-state index is 13.3. The molecule has 2 amide bonds. The average molecular weight is 420 g/mol. The van der Waals surface area contributed by atoms with Crippen LogP contribution in [0, 0.1) is 18.7 Å². The largest absolute Gasteiger partial charge is 0.342 e. The first-order valence-electron chi connectivity index (χ1n) is 10.4. The molecule has 1 fully saturated rings. The summed E-state index contributed by atoms with van der Waals surface area (Å²) in [5.41, 5.74) is 2.37. The Balaban J connectivity index is 1.43. The Labute approximate surface area is 180 Å². The number of aromatic nitrogens is 2. The zero-order chi connectivity index (χ0) is 21.8. The lowest BCUT2D eigenvalue weighted by atomic mass is 9.96. The van der Waals surface area contributed by atoms with Crippen molar-refractivity contribution in [3.63, 3.8) is 0 Å². The van der Waals surface area contributed by atoms with E-state index in [-0.39, 0.29) is 23.5 Å². The van der Waals surface area contributed by atoms with Gasteiger partial charge in [0.2, 0.25) is 11.8 Å². The summed E-state index contributed by atoms with van der Waals surface area (Å²) in [4.78, 5) is 27.5. The third-order valence-electron chi connectivity index (χ3n) is 5.50. The smallest absolute Gasteiger partial charge is 0.230 e. The quantitative estimate of drug-likeness (QED) is 0.684. The standard InChI is InChI=1S/C24H25FN4O2/c1-17-14-22(29(27-17)21-11-9-20(25)10-12-21)26-24(31)19-8-5-13-28(16-19)23(30)15-18-6-3-2-4-7-18/h2-4,6-7,9-12,14,19H,5,8,13,15-16H2,1H3,(H,26,31). The van der Waals surface area contributed by atoms with Gasteiger partial charge in [-0.2, -0.15) is 5.10 Å². The van der Waals surface area contributed by atoms with Crippen molar-refractivity contribution in [2.24, 2.45) is 5.92 Å². The Morgan fingerprint density at radius 3 is 2.61 bits per heavy atom. The summed E-state index contributed by atoms with van der Waals surface area (Å²) in [6, 6.07) is 17.4. The molecule has 1 aliphatic heterocycles. The van der Waals surface area contributed by atoms with E-state index < -0.39 is 0 Å². The van der Waals surface area contributed by atoms with Crippen molar-refractivity contribution in [3.8, 4) is 5.69 Å². The van der Waals surface area contributed by atoms with Crippen LogP contribution >= 0.6 is 0 Å². The van der Waals surface area contributed by atoms with Crippen molar-refractivity contribution >= 4 is 17.6 Å². The van der Waals surface area contributed by atoms with Crippen molar-refractivity contribution in [3.05, 3.63) is 77.7 Å². The molecule has 1 saturated heterocycles. The average Bonchev–Trinajstić information content (AvgIpc) is 3.15. The van der Waals surface area contributed by atoms with Gasteiger partial charge in [0.25, 0.3) is 0 Å². The predicted molar refractivity (Wildman–Crippen MR) is 116 cm³/mol. The maximum atomic E-state index is 13.3. The van der Waals surface area contributed by atoms with Crippen LogP contribution in [-0.4, -0.2) is 39.6 Å². The van der Waals surface area contributed by atoms with E-state index in [1.807, 2.05) is 37.3 Å². The molecule has 1 atom stereocenters. The normalized spacial score (nSPS) is 16.2. The molecule has 31 heavy (non-hydrogen) atoms. The monoisotopic (exact) mass is 420 g/mol. The van der Waals surface area contributed by atoms with Crippen molar-refractivity contribution in [1.29, 1.82) is 0 Å². The number of carbonyl (C=O) groups is 2. The highest BCUT2D eigenvalue weighted by molar-refractivity contribution is 5.93. The van der Waals surface area contributed by atoms with Gasteiger partial charge in [-0.05, 0) is 49.6 Å². The van der Waals surface area contributed by atoms with E-state index in [0.717, 1.165) is 24.1 Å². The van der Waals surface area contributed by atoms with Crippen LogP contribution in [0.4, 0.5) is 10.2 Å². The zero-order valence-electron chi connectivity index (χ0n) is 17.4. The Kier molecular flexibility index (Phi) is 6.11. The molecule has 1 N–H and O–H groups in total. The molecule has 2 heterocycles. The Bertz CT molecular complexity index is 1060. The fraction of sp³-hybridized carbons (Fsp3) is 0.292. The van der Waals surface area contributed by atoms with Crippen molar-refractivity contribution < 1.29 is 14.0 Å². The van der Waals surface area contributed by atoms with Gasteiger partial charge in [-0.1, -0.05) is 30.3 Å². The van der Waals surface area contributed by atoms with Gasteiger partial charge < -0.3 is 10.2 Å². The number of carbonyl (C=O) groups excluding carboxylic acids is 2. The Hall–Kier alpha value is -3.48. The van der Waals surface area contributed by atoms with Gasteiger partial charge in [0.05, 0.1) is 23.7 Å². The number of benzene rings is 2. The number of aryl methyl sites for hydroxylation is 1. The maximum Gasteiger partial charge on any atom is 0.230 e. The van der Waals surface area contributed by atoms with E-state index in [9.17, 15) is 14.0 Å². The summed E-state index contributed by atoms with van der Waals surface area (Å²) in [6.45, 7) is 2.91. The highest BCUT2D eigenvalue weighted by Gasteiger charge is 2.29. The molecule has 0 bridgehead atoms. The lowest BCUT2D eigenvalue weighted by Crippen LogP contribution is -2.44. The fourth-order valence-corrected chi connectivity index (χ4v) is 3.90. The molecule has 7 heteroatoms. The Morgan fingerprint density at radius 1 is 1.13 bits per heavy atom. The van der Waals surface area contributed by atoms with E-state index in [1.165, 1.54) is 12.1 Å². The molecule has 1 unspecified atom stereocenters. The van der Waals surface area contributed by atoms with Gasteiger partial charge in [-0.15, -0.1) is 0 Å². The number of likely N-dealkylation sites (tertiary alicyclic amines) is 1. The highest BCUT2D eigenvalue weighted by Crippen LogP contribution is 2.22. The fourth-order valence-electron chi connectivity index (χ4n) is 3.90. The SMILES string of the molecule is Cc1cc(NC(=O)C2CCCN(C(=O)Cc3ccccc3)C2)n(-c2ccc(F)cc2)n1. The van der Waals surface area contributed by atoms with Crippen LogP contribution in [0.1, 0.15) is 24.1 Å². The zero-order valence-corrected chi connectivity index (χ0v) is 17.4. The molecule has 2 aromatic carbocycles. The van der Waals surface area contributed by atoms with Gasteiger partial charge in [-0.25, -0.2) is 9.07 Å². The first-order chi connectivity index (χ1) is 15.0. The summed E-state index contributed by atoms with van der Waals surface area (Å²) in [5.74, 6) is -0.191. The van der Waals surface area contributed by atoms with E-state index in [4.69, 9.17) is 0 Å². The van der Waals surface area contributed by atoms with Gasteiger partial charge >= 0.3 is 0 Å². The highest BCUT2D eigenvalue weighted by atomic mass is 19.1. The Morgan fingerprint density at radius 2 is 1.87 bits per heavy atom. The summed E-state index contributed by atoms with van der Waals surface area (Å²) in [5, 5.41) is 7.37. The van der Waals surface area contributed by atoms with E-state index in [2.05, 4.69) is 10.4 Å². The summed E-state index contributed by atoms with van der Waals surface area (Å²) in [6.07, 6.45) is 1.85. The van der Waals surface area contributed by atoms with Gasteiger partial charge in [0.1, 0.15) is 11.6 Å². The minimum Gasteiger partial charge on any atom is -0.342 e. The second kappa shape index (κ2) is 9.12. The number of nitrogens with one attached hydrogen (secondary N) is 1. The van der Waals surface area contributed by atoms with Gasteiger partial charge in [0, 0.05) is 19.2 Å². The first-order valence-corrected chi connectivity index (χ1v) is 10.4. The first kappa shape index (κ1) is 20.8. The minimum absolute atomic E-state index is 0.0379. The van der Waals surface area contributed by atoms with Crippen LogP contribution < -0.4 is 5.32 Å². The van der Waals surface area contributed by atoms with Gasteiger partial charge in [-0.3, -0.25) is 9.59 Å². The molecule has 0 radical (unpaired) electrons. The molecule has 0 aliphatic carbocycles. The van der Waals surface area contributed by atoms with Crippen LogP contribution in [-0.2, 0) is 16.0 Å². The molecule has 0 saturated carbocycles. The number of piperidine rings is 1. The number of anilines is 1. The molecule has 1 aliphatic rings. The number of hydrogen-bond donors (Lipinski definition) is 1. The summed E-state index contributed by atoms with van der Waals surface area (Å²) < 4.78 is 14.9. The topological polar surface area (TPSA) is 67.2 Å². The van der Waals surface area contributed by atoms with E-state index in [0.29, 0.717) is 31.0 Å². The second-order valence-electron chi connectivity index (χ2n) is 7.89. The number of amides is 2. The van der Waals surface area contributed by atoms with Crippen LogP contribution in [0.15, 0.2) is 60.7 Å². The number of rotatable bonds is 5. The molecule has 6 nitrogen and oxygen atoms in total. The van der Waals surface area contributed by atoms with Gasteiger partial charge in [0.15, 0.2) is 0 Å². The summed E-state index contributed by atoms with van der Waals surface area (Å²) >= 11 is 0. The van der Waals surface area contributed by atoms with Crippen molar-refractivity contribution in [1.82, 2.24) is 14.7 Å². The lowest BCUT2D eigenvalue weighted by Gasteiger charge is -2.32. The molecule has 160 valence electrons. The summed E-state index contributed by atoms with van der Waals surface area (Å²) in [7, 11) is 0. The number of halogens is 1. The van der Waals surface area contributed by atoms with Crippen LogP contribution in [0.25, 0.3) is 5.69 Å². The molecule has 1 aromatic heterocycles. The molecule has 0 spiro atoms. The van der Waals surface area contributed by atoms with Crippen LogP contribution in [0.3, 0.4) is 0 Å². The molecule has 4 rings (SSSR count). The van der Waals surface area contributed by atoms with Crippen molar-refractivity contribution in [2.45, 2.75) is 26.2 Å². The van der Waals surface area contributed by atoms with Crippen LogP contribution in [0.5, 0.6) is 0 Å². The van der Waals surface area contributed by atoms with E-state index in [1.54, 1.807) is 27.8 Å². The second-order valence-corrected chi connectivity index (χ2v) is 7.89. The lowest BCUT2D eigenvalue weighted by molar-refractivity contribution is -0.133. The number of hydrogen-bond acceptors (Lipinski definition) is 3. The molecule has 3 aromatic rings. The number of nitrogens with zero attached hydrogens (tertiary/aromatic N) is 3. The predicted octanol–water partition coefficient (Wildman–Crippen LogP) is 3.74.